The quantitative estimate of drug-likeness (QED) is 0.446. The molecule has 2 nitrogen and oxygen atoms in total. The lowest BCUT2D eigenvalue weighted by molar-refractivity contribution is 1.36. The fraction of sp³-hybridized carbons (Fsp3) is 0. The van der Waals surface area contributed by atoms with Crippen molar-refractivity contribution in [1.29, 1.82) is 0 Å². The Balaban J connectivity index is 2.10. The van der Waals surface area contributed by atoms with Gasteiger partial charge in [-0.1, -0.05) is 64.5 Å². The molecule has 0 saturated carbocycles. The molecule has 3 heteroatoms. The summed E-state index contributed by atoms with van der Waals surface area (Å²) >= 11 is 3.66. The van der Waals surface area contributed by atoms with Crippen molar-refractivity contribution in [2.45, 2.75) is 0 Å². The minimum atomic E-state index is 0.932. The van der Waals surface area contributed by atoms with E-state index < -0.39 is 0 Å². The van der Waals surface area contributed by atoms with E-state index in [4.69, 9.17) is 4.98 Å². The lowest BCUT2D eigenvalue weighted by Crippen LogP contribution is -1.89. The van der Waals surface area contributed by atoms with Crippen molar-refractivity contribution < 1.29 is 0 Å². The van der Waals surface area contributed by atoms with Gasteiger partial charge in [0.15, 0.2) is 0 Å². The number of halogens is 1. The number of pyridine rings is 2. The van der Waals surface area contributed by atoms with E-state index in [-0.39, 0.29) is 0 Å². The Morgan fingerprint density at radius 1 is 0.810 bits per heavy atom. The van der Waals surface area contributed by atoms with Gasteiger partial charge in [-0.2, -0.15) is 0 Å². The summed E-state index contributed by atoms with van der Waals surface area (Å²) in [6.07, 6.45) is 1.81. The molecular weight excluding hydrogens is 324 g/mol. The molecule has 0 aliphatic heterocycles. The largest absolute Gasteiger partial charge is 0.254 e. The average molecular weight is 335 g/mol. The topological polar surface area (TPSA) is 25.8 Å². The molecule has 21 heavy (non-hydrogen) atoms. The Hall–Kier alpha value is -2.26. The van der Waals surface area contributed by atoms with Gasteiger partial charge < -0.3 is 0 Å². The van der Waals surface area contributed by atoms with Crippen LogP contribution in [0.25, 0.3) is 33.1 Å². The van der Waals surface area contributed by atoms with E-state index in [1.54, 1.807) is 0 Å². The van der Waals surface area contributed by atoms with Gasteiger partial charge in [-0.3, -0.25) is 4.98 Å². The molecule has 2 heterocycles. The first-order valence-corrected chi connectivity index (χ1v) is 7.52. The predicted molar refractivity (Wildman–Crippen MR) is 90.2 cm³/mol. The Labute approximate surface area is 130 Å². The van der Waals surface area contributed by atoms with Gasteiger partial charge in [-0.05, 0) is 12.1 Å². The van der Waals surface area contributed by atoms with Crippen molar-refractivity contribution in [3.8, 4) is 11.3 Å². The molecule has 2 aromatic carbocycles. The van der Waals surface area contributed by atoms with E-state index in [0.717, 1.165) is 37.5 Å². The van der Waals surface area contributed by atoms with Gasteiger partial charge in [0, 0.05) is 27.0 Å². The third kappa shape index (κ3) is 2.10. The molecule has 0 unspecified atom stereocenters. The van der Waals surface area contributed by atoms with Crippen molar-refractivity contribution in [3.63, 3.8) is 0 Å². The van der Waals surface area contributed by atoms with E-state index in [9.17, 15) is 0 Å². The van der Waals surface area contributed by atoms with E-state index in [1.807, 2.05) is 30.5 Å². The van der Waals surface area contributed by atoms with Gasteiger partial charge >= 0.3 is 0 Å². The van der Waals surface area contributed by atoms with Crippen LogP contribution in [0, 0.1) is 0 Å². The summed E-state index contributed by atoms with van der Waals surface area (Å²) in [7, 11) is 0. The summed E-state index contributed by atoms with van der Waals surface area (Å²) in [4.78, 5) is 9.34. The van der Waals surface area contributed by atoms with Crippen LogP contribution in [0.15, 0.2) is 71.3 Å². The molecule has 0 atom stereocenters. The summed E-state index contributed by atoms with van der Waals surface area (Å²) in [6.45, 7) is 0. The van der Waals surface area contributed by atoms with Crippen molar-refractivity contribution in [2.75, 3.05) is 0 Å². The van der Waals surface area contributed by atoms with Crippen molar-refractivity contribution in [1.82, 2.24) is 9.97 Å². The molecule has 4 aromatic rings. The van der Waals surface area contributed by atoms with Gasteiger partial charge in [0.2, 0.25) is 0 Å². The highest BCUT2D eigenvalue weighted by atomic mass is 79.9. The fourth-order valence-electron chi connectivity index (χ4n) is 2.54. The highest BCUT2D eigenvalue weighted by Gasteiger charge is 2.09. The average Bonchev–Trinajstić information content (AvgIpc) is 2.55. The molecule has 0 spiro atoms. The van der Waals surface area contributed by atoms with E-state index >= 15 is 0 Å². The van der Waals surface area contributed by atoms with Crippen LogP contribution in [-0.2, 0) is 0 Å². The van der Waals surface area contributed by atoms with Gasteiger partial charge in [-0.15, -0.1) is 0 Å². The number of rotatable bonds is 1. The molecular formula is C18H11BrN2. The van der Waals surface area contributed by atoms with Crippen molar-refractivity contribution in [2.24, 2.45) is 0 Å². The summed E-state index contributed by atoms with van der Waals surface area (Å²) in [5.74, 6) is 0. The minimum Gasteiger partial charge on any atom is -0.254 e. The highest BCUT2D eigenvalue weighted by molar-refractivity contribution is 9.10. The second-order valence-electron chi connectivity index (χ2n) is 4.89. The highest BCUT2D eigenvalue weighted by Crippen LogP contribution is 2.31. The summed E-state index contributed by atoms with van der Waals surface area (Å²) in [5, 5.41) is 2.19. The SMILES string of the molecule is Brc1cc(-c2ccccc2)nc2c1ccc1cccnc12. The first kappa shape index (κ1) is 12.5. The lowest BCUT2D eigenvalue weighted by Gasteiger charge is -2.08. The Kier molecular flexibility index (Phi) is 2.93. The molecule has 100 valence electrons. The smallest absolute Gasteiger partial charge is 0.0983 e. The number of fused-ring (bicyclic) bond motifs is 3. The first-order valence-electron chi connectivity index (χ1n) is 6.72. The van der Waals surface area contributed by atoms with Gasteiger partial charge in [0.25, 0.3) is 0 Å². The molecule has 0 radical (unpaired) electrons. The molecule has 0 saturated heterocycles. The van der Waals surface area contributed by atoms with Crippen LogP contribution in [0.5, 0.6) is 0 Å². The minimum absolute atomic E-state index is 0.932. The van der Waals surface area contributed by atoms with Gasteiger partial charge in [0.05, 0.1) is 16.7 Å². The summed E-state index contributed by atoms with van der Waals surface area (Å²) in [6, 6.07) is 20.4. The number of hydrogen-bond acceptors (Lipinski definition) is 2. The predicted octanol–water partition coefficient (Wildman–Crippen LogP) is 5.21. The molecule has 0 N–H and O–H groups in total. The molecule has 0 aliphatic rings. The van der Waals surface area contributed by atoms with Crippen LogP contribution in [0.1, 0.15) is 0 Å². The van der Waals surface area contributed by atoms with E-state index in [2.05, 4.69) is 57.3 Å². The number of nitrogens with zero attached hydrogens (tertiary/aromatic N) is 2. The monoisotopic (exact) mass is 334 g/mol. The van der Waals surface area contributed by atoms with Crippen LogP contribution in [0.3, 0.4) is 0 Å². The summed E-state index contributed by atoms with van der Waals surface area (Å²) < 4.78 is 1.04. The van der Waals surface area contributed by atoms with Crippen molar-refractivity contribution in [3.05, 3.63) is 71.3 Å². The third-order valence-electron chi connectivity index (χ3n) is 3.57. The second-order valence-corrected chi connectivity index (χ2v) is 5.75. The zero-order valence-electron chi connectivity index (χ0n) is 11.1. The molecule has 4 rings (SSSR count). The Bertz CT molecular complexity index is 949. The maximum atomic E-state index is 4.84. The van der Waals surface area contributed by atoms with Crippen LogP contribution in [0.4, 0.5) is 0 Å². The van der Waals surface area contributed by atoms with E-state index in [1.165, 1.54) is 0 Å². The molecule has 0 bridgehead atoms. The normalized spacial score (nSPS) is 11.1. The van der Waals surface area contributed by atoms with Crippen LogP contribution in [-0.4, -0.2) is 9.97 Å². The first-order chi connectivity index (χ1) is 10.3. The Morgan fingerprint density at radius 2 is 1.67 bits per heavy atom. The number of hydrogen-bond donors (Lipinski definition) is 0. The van der Waals surface area contributed by atoms with Gasteiger partial charge in [-0.25, -0.2) is 4.98 Å². The number of benzene rings is 2. The summed E-state index contributed by atoms with van der Waals surface area (Å²) in [5.41, 5.74) is 3.93. The van der Waals surface area contributed by atoms with Gasteiger partial charge in [0.1, 0.15) is 0 Å². The fourth-order valence-corrected chi connectivity index (χ4v) is 3.08. The third-order valence-corrected chi connectivity index (χ3v) is 4.23. The second kappa shape index (κ2) is 4.93. The van der Waals surface area contributed by atoms with Crippen LogP contribution < -0.4 is 0 Å². The molecule has 2 aromatic heterocycles. The standard InChI is InChI=1S/C18H11BrN2/c19-15-11-16(12-5-2-1-3-6-12)21-18-14(15)9-8-13-7-4-10-20-17(13)18/h1-11H. The Morgan fingerprint density at radius 3 is 2.52 bits per heavy atom. The van der Waals surface area contributed by atoms with Crippen LogP contribution in [0.2, 0.25) is 0 Å². The zero-order chi connectivity index (χ0) is 14.2. The molecule has 0 aliphatic carbocycles. The maximum Gasteiger partial charge on any atom is 0.0983 e. The lowest BCUT2D eigenvalue weighted by atomic mass is 10.1. The molecule has 0 fully saturated rings. The maximum absolute atomic E-state index is 4.84. The van der Waals surface area contributed by atoms with Crippen molar-refractivity contribution >= 4 is 37.7 Å². The zero-order valence-corrected chi connectivity index (χ0v) is 12.7. The number of aromatic nitrogens is 2. The van der Waals surface area contributed by atoms with E-state index in [0.29, 0.717) is 0 Å². The molecule has 0 amide bonds. The van der Waals surface area contributed by atoms with Crippen LogP contribution >= 0.6 is 15.9 Å².